The van der Waals surface area contributed by atoms with Crippen molar-refractivity contribution in [2.24, 2.45) is 5.73 Å². The minimum Gasteiger partial charge on any atom is -0.507 e. The van der Waals surface area contributed by atoms with Gasteiger partial charge in [-0.3, -0.25) is 0 Å². The Hall–Kier alpha value is -1.89. The first-order valence-corrected chi connectivity index (χ1v) is 6.68. The molecule has 2 aromatic carbocycles. The average Bonchev–Trinajstić information content (AvgIpc) is 2.53. The minimum absolute atomic E-state index is 0. The van der Waals surface area contributed by atoms with Crippen LogP contribution in [0.4, 0.5) is 8.78 Å². The number of halogens is 3. The Morgan fingerprint density at radius 2 is 1.78 bits per heavy atom. The Kier molecular flexibility index (Phi) is 6.75. The van der Waals surface area contributed by atoms with Crippen molar-refractivity contribution in [2.45, 2.75) is 18.6 Å². The van der Waals surface area contributed by atoms with Gasteiger partial charge in [-0.15, -0.1) is 12.4 Å². The number of phenolic OH excluding ortho intramolecular Hbond substituents is 1. The highest BCUT2D eigenvalue weighted by molar-refractivity contribution is 5.85. The van der Waals surface area contributed by atoms with E-state index in [1.165, 1.54) is 18.2 Å². The van der Waals surface area contributed by atoms with Crippen LogP contribution >= 0.6 is 12.4 Å². The zero-order valence-corrected chi connectivity index (χ0v) is 13.0. The standard InChI is InChI=1S/C16H17F2NO3.ClH/c17-16(18,10-20)15(19)13-7-6-12(8-14(13)21)22-9-11-4-2-1-3-5-11;/h1-8,15,20-21H,9-10,19H2;1H/t15-;/m1./s1. The molecule has 0 saturated heterocycles. The third kappa shape index (κ3) is 4.79. The Morgan fingerprint density at radius 3 is 2.35 bits per heavy atom. The minimum atomic E-state index is -3.51. The number of aliphatic hydroxyl groups excluding tert-OH is 1. The van der Waals surface area contributed by atoms with Crippen LogP contribution in [0, 0.1) is 0 Å². The highest BCUT2D eigenvalue weighted by Gasteiger charge is 2.38. The monoisotopic (exact) mass is 345 g/mol. The van der Waals surface area contributed by atoms with Crippen molar-refractivity contribution < 1.29 is 23.7 Å². The summed E-state index contributed by atoms with van der Waals surface area (Å²) in [4.78, 5) is 0. The van der Waals surface area contributed by atoms with Gasteiger partial charge in [0.15, 0.2) is 0 Å². The fourth-order valence-corrected chi connectivity index (χ4v) is 1.94. The van der Waals surface area contributed by atoms with Crippen molar-refractivity contribution >= 4 is 12.4 Å². The van der Waals surface area contributed by atoms with Crippen LogP contribution in [0.3, 0.4) is 0 Å². The van der Waals surface area contributed by atoms with E-state index in [2.05, 4.69) is 0 Å². The summed E-state index contributed by atoms with van der Waals surface area (Å²) in [6.07, 6.45) is 0. The number of aromatic hydroxyl groups is 1. The first-order chi connectivity index (χ1) is 10.4. The number of phenols is 1. The van der Waals surface area contributed by atoms with Gasteiger partial charge >= 0.3 is 0 Å². The lowest BCUT2D eigenvalue weighted by molar-refractivity contribution is -0.0716. The van der Waals surface area contributed by atoms with Crippen LogP contribution < -0.4 is 10.5 Å². The maximum atomic E-state index is 13.4. The smallest absolute Gasteiger partial charge is 0.289 e. The second-order valence-corrected chi connectivity index (χ2v) is 4.89. The molecule has 4 N–H and O–H groups in total. The number of hydrogen-bond acceptors (Lipinski definition) is 4. The molecule has 0 unspecified atom stereocenters. The molecule has 0 spiro atoms. The van der Waals surface area contributed by atoms with E-state index in [-0.39, 0.29) is 18.0 Å². The molecule has 0 radical (unpaired) electrons. The van der Waals surface area contributed by atoms with Gasteiger partial charge in [-0.1, -0.05) is 30.3 Å². The predicted octanol–water partition coefficient (Wildman–Crippen LogP) is 3.02. The fraction of sp³-hybridized carbons (Fsp3) is 0.250. The van der Waals surface area contributed by atoms with Crippen LogP contribution in [0.2, 0.25) is 0 Å². The number of alkyl halides is 2. The molecule has 23 heavy (non-hydrogen) atoms. The highest BCUT2D eigenvalue weighted by atomic mass is 35.5. The van der Waals surface area contributed by atoms with Gasteiger partial charge < -0.3 is 20.7 Å². The van der Waals surface area contributed by atoms with Gasteiger partial charge in [0.25, 0.3) is 5.92 Å². The Balaban J connectivity index is 0.00000264. The molecule has 0 aliphatic heterocycles. The Bertz CT molecular complexity index is 626. The average molecular weight is 346 g/mol. The highest BCUT2D eigenvalue weighted by Crippen LogP contribution is 2.35. The summed E-state index contributed by atoms with van der Waals surface area (Å²) in [7, 11) is 0. The molecule has 0 amide bonds. The molecule has 0 aliphatic carbocycles. The van der Waals surface area contributed by atoms with Crippen LogP contribution in [0.15, 0.2) is 48.5 Å². The van der Waals surface area contributed by atoms with Crippen LogP contribution in [0.5, 0.6) is 11.5 Å². The van der Waals surface area contributed by atoms with E-state index in [9.17, 15) is 13.9 Å². The normalized spacial score (nSPS) is 12.3. The van der Waals surface area contributed by atoms with Crippen molar-refractivity contribution in [2.75, 3.05) is 6.61 Å². The summed E-state index contributed by atoms with van der Waals surface area (Å²) in [6, 6.07) is 11.5. The van der Waals surface area contributed by atoms with Crippen molar-refractivity contribution in [1.29, 1.82) is 0 Å². The van der Waals surface area contributed by atoms with Crippen LogP contribution in [0.1, 0.15) is 17.2 Å². The number of benzene rings is 2. The lowest BCUT2D eigenvalue weighted by Gasteiger charge is -2.22. The summed E-state index contributed by atoms with van der Waals surface area (Å²) in [5.41, 5.74) is 6.18. The summed E-state index contributed by atoms with van der Waals surface area (Å²) in [5.74, 6) is -3.57. The third-order valence-electron chi connectivity index (χ3n) is 3.25. The molecule has 1 atom stereocenters. The summed E-state index contributed by atoms with van der Waals surface area (Å²) in [5, 5.41) is 18.5. The molecule has 0 aromatic heterocycles. The van der Waals surface area contributed by atoms with Gasteiger partial charge in [0.05, 0.1) is 0 Å². The summed E-state index contributed by atoms with van der Waals surface area (Å²) >= 11 is 0. The van der Waals surface area contributed by atoms with Crippen LogP contribution in [0.25, 0.3) is 0 Å². The fourth-order valence-electron chi connectivity index (χ4n) is 1.94. The topological polar surface area (TPSA) is 75.7 Å². The van der Waals surface area contributed by atoms with Crippen molar-refractivity contribution in [1.82, 2.24) is 0 Å². The third-order valence-corrected chi connectivity index (χ3v) is 3.25. The molecule has 4 nitrogen and oxygen atoms in total. The van der Waals surface area contributed by atoms with Crippen LogP contribution in [-0.4, -0.2) is 22.7 Å². The zero-order chi connectivity index (χ0) is 16.2. The van der Waals surface area contributed by atoms with E-state index in [1.54, 1.807) is 0 Å². The van der Waals surface area contributed by atoms with Gasteiger partial charge in [0, 0.05) is 11.6 Å². The lowest BCUT2D eigenvalue weighted by atomic mass is 10.0. The van der Waals surface area contributed by atoms with E-state index in [0.717, 1.165) is 5.56 Å². The van der Waals surface area contributed by atoms with E-state index in [0.29, 0.717) is 12.4 Å². The van der Waals surface area contributed by atoms with Gasteiger partial charge in [0.1, 0.15) is 30.8 Å². The van der Waals surface area contributed by atoms with Crippen molar-refractivity contribution in [3.05, 3.63) is 59.7 Å². The van der Waals surface area contributed by atoms with E-state index in [1.807, 2.05) is 30.3 Å². The number of ether oxygens (including phenoxy) is 1. The first-order valence-electron chi connectivity index (χ1n) is 6.68. The molecule has 0 saturated carbocycles. The van der Waals surface area contributed by atoms with E-state index >= 15 is 0 Å². The second-order valence-electron chi connectivity index (χ2n) is 4.89. The molecule has 2 aromatic rings. The Labute approximate surface area is 138 Å². The first kappa shape index (κ1) is 19.2. The quantitative estimate of drug-likeness (QED) is 0.752. The van der Waals surface area contributed by atoms with Gasteiger partial charge in [-0.05, 0) is 17.7 Å². The molecule has 0 fully saturated rings. The molecule has 0 aliphatic rings. The van der Waals surface area contributed by atoms with Crippen LogP contribution in [-0.2, 0) is 6.61 Å². The molecule has 0 heterocycles. The zero-order valence-electron chi connectivity index (χ0n) is 12.2. The van der Waals surface area contributed by atoms with Gasteiger partial charge in [-0.25, -0.2) is 8.78 Å². The number of rotatable bonds is 6. The lowest BCUT2D eigenvalue weighted by Crippen LogP contribution is -2.36. The molecular formula is C16H18ClF2NO3. The van der Waals surface area contributed by atoms with Crippen molar-refractivity contribution in [3.63, 3.8) is 0 Å². The second kappa shape index (κ2) is 8.10. The van der Waals surface area contributed by atoms with E-state index in [4.69, 9.17) is 15.6 Å². The van der Waals surface area contributed by atoms with Gasteiger partial charge in [-0.2, -0.15) is 0 Å². The molecule has 2 rings (SSSR count). The molecular weight excluding hydrogens is 328 g/mol. The molecule has 7 heteroatoms. The molecule has 126 valence electrons. The maximum absolute atomic E-state index is 13.4. The number of hydrogen-bond donors (Lipinski definition) is 3. The van der Waals surface area contributed by atoms with E-state index < -0.39 is 24.3 Å². The molecule has 0 bridgehead atoms. The SMILES string of the molecule is Cl.N[C@H](c1ccc(OCc2ccccc2)cc1O)C(F)(F)CO. The summed E-state index contributed by atoms with van der Waals surface area (Å²) < 4.78 is 32.2. The predicted molar refractivity (Wildman–Crippen MR) is 85.1 cm³/mol. The Morgan fingerprint density at radius 1 is 1.13 bits per heavy atom. The number of aliphatic hydroxyl groups is 1. The largest absolute Gasteiger partial charge is 0.507 e. The maximum Gasteiger partial charge on any atom is 0.289 e. The number of nitrogens with two attached hydrogens (primary N) is 1. The van der Waals surface area contributed by atoms with Crippen molar-refractivity contribution in [3.8, 4) is 11.5 Å². The van der Waals surface area contributed by atoms with Gasteiger partial charge in [0.2, 0.25) is 0 Å². The summed E-state index contributed by atoms with van der Waals surface area (Å²) in [6.45, 7) is -1.10.